The van der Waals surface area contributed by atoms with E-state index >= 15 is 0 Å². The van der Waals surface area contributed by atoms with Crippen LogP contribution in [0.25, 0.3) is 10.6 Å². The summed E-state index contributed by atoms with van der Waals surface area (Å²) in [5, 5.41) is 1.10. The number of nitrogens with zero attached hydrogens (tertiary/aromatic N) is 1. The molecule has 1 heterocycles. The van der Waals surface area contributed by atoms with Crippen LogP contribution in [0.4, 0.5) is 0 Å². The molecule has 1 aromatic heterocycles. The number of hydrogen-bond acceptors (Lipinski definition) is 4. The summed E-state index contributed by atoms with van der Waals surface area (Å²) in [5.74, 6) is 0.912. The van der Waals surface area contributed by atoms with E-state index < -0.39 is 0 Å². The molecule has 100 valence electrons. The highest BCUT2D eigenvalue weighted by Crippen LogP contribution is 2.33. The molecule has 0 aliphatic heterocycles. The maximum absolute atomic E-state index is 6.01. The lowest BCUT2D eigenvalue weighted by atomic mass is 9.99. The Labute approximate surface area is 117 Å². The minimum atomic E-state index is 0.307. The number of fused-ring (bicyclic) bond motifs is 1. The minimum Gasteiger partial charge on any atom is -0.494 e. The lowest BCUT2D eigenvalue weighted by Gasteiger charge is -2.15. The fraction of sp³-hybridized carbons (Fsp3) is 0.400. The third kappa shape index (κ3) is 2.65. The van der Waals surface area contributed by atoms with Gasteiger partial charge in [-0.1, -0.05) is 0 Å². The molecule has 0 spiro atoms. The summed E-state index contributed by atoms with van der Waals surface area (Å²) >= 11 is 1.78. The van der Waals surface area contributed by atoms with E-state index in [1.807, 2.05) is 19.1 Å². The summed E-state index contributed by atoms with van der Waals surface area (Å²) in [7, 11) is 0. The quantitative estimate of drug-likeness (QED) is 0.936. The fourth-order valence-electron chi connectivity index (χ4n) is 2.38. The van der Waals surface area contributed by atoms with Gasteiger partial charge in [-0.2, -0.15) is 0 Å². The van der Waals surface area contributed by atoms with Crippen LogP contribution >= 0.6 is 11.3 Å². The van der Waals surface area contributed by atoms with E-state index in [0.717, 1.165) is 35.6 Å². The summed E-state index contributed by atoms with van der Waals surface area (Å²) in [6.45, 7) is 2.69. The topological polar surface area (TPSA) is 48.1 Å². The van der Waals surface area contributed by atoms with Crippen LogP contribution in [0, 0.1) is 0 Å². The number of aromatic nitrogens is 1. The predicted octanol–water partition coefficient (Wildman–Crippen LogP) is 3.02. The van der Waals surface area contributed by atoms with Crippen molar-refractivity contribution in [3.05, 3.63) is 34.8 Å². The molecule has 2 N–H and O–H groups in total. The number of ether oxygens (including phenoxy) is 1. The zero-order valence-corrected chi connectivity index (χ0v) is 11.9. The zero-order chi connectivity index (χ0) is 13.2. The number of hydrogen-bond donors (Lipinski definition) is 1. The molecule has 0 amide bonds. The first-order valence-electron chi connectivity index (χ1n) is 6.73. The highest BCUT2D eigenvalue weighted by molar-refractivity contribution is 7.15. The standard InChI is InChI=1S/C15H18N2OS/c1-2-18-12-6-3-10(4-7-12)15-17-13-8-5-11(16)9-14(13)19-15/h3-4,6-7,11H,2,5,8-9,16H2,1H3. The summed E-state index contributed by atoms with van der Waals surface area (Å²) in [4.78, 5) is 6.12. The van der Waals surface area contributed by atoms with E-state index in [9.17, 15) is 0 Å². The van der Waals surface area contributed by atoms with Crippen LogP contribution in [0.15, 0.2) is 24.3 Å². The van der Waals surface area contributed by atoms with E-state index in [1.54, 1.807) is 11.3 Å². The smallest absolute Gasteiger partial charge is 0.123 e. The van der Waals surface area contributed by atoms with Crippen molar-refractivity contribution in [1.29, 1.82) is 0 Å². The van der Waals surface area contributed by atoms with Gasteiger partial charge in [0.05, 0.1) is 12.3 Å². The Hall–Kier alpha value is -1.39. The summed E-state index contributed by atoms with van der Waals surface area (Å²) in [6, 6.07) is 8.47. The summed E-state index contributed by atoms with van der Waals surface area (Å²) in [6.07, 6.45) is 3.05. The van der Waals surface area contributed by atoms with E-state index in [1.165, 1.54) is 10.6 Å². The Morgan fingerprint density at radius 1 is 1.37 bits per heavy atom. The third-order valence-electron chi connectivity index (χ3n) is 3.39. The van der Waals surface area contributed by atoms with Gasteiger partial charge in [-0.15, -0.1) is 11.3 Å². The van der Waals surface area contributed by atoms with E-state index in [0.29, 0.717) is 12.6 Å². The van der Waals surface area contributed by atoms with Gasteiger partial charge in [-0.05, 0) is 50.5 Å². The van der Waals surface area contributed by atoms with Crippen LogP contribution < -0.4 is 10.5 Å². The third-order valence-corrected chi connectivity index (χ3v) is 4.56. The van der Waals surface area contributed by atoms with Gasteiger partial charge in [-0.3, -0.25) is 0 Å². The van der Waals surface area contributed by atoms with Gasteiger partial charge < -0.3 is 10.5 Å². The predicted molar refractivity (Wildman–Crippen MR) is 78.7 cm³/mol. The van der Waals surface area contributed by atoms with Gasteiger partial charge in [0.1, 0.15) is 10.8 Å². The van der Waals surface area contributed by atoms with Gasteiger partial charge in [0.2, 0.25) is 0 Å². The van der Waals surface area contributed by atoms with Crippen molar-refractivity contribution in [2.24, 2.45) is 5.73 Å². The molecule has 1 aliphatic rings. The van der Waals surface area contributed by atoms with E-state index in [-0.39, 0.29) is 0 Å². The molecule has 2 aromatic rings. The Bertz CT molecular complexity index is 562. The summed E-state index contributed by atoms with van der Waals surface area (Å²) < 4.78 is 5.46. The van der Waals surface area contributed by atoms with Gasteiger partial charge in [0.15, 0.2) is 0 Å². The lowest BCUT2D eigenvalue weighted by Crippen LogP contribution is -2.26. The van der Waals surface area contributed by atoms with Gasteiger partial charge in [0.25, 0.3) is 0 Å². The molecular formula is C15H18N2OS. The summed E-state index contributed by atoms with van der Waals surface area (Å²) in [5.41, 5.74) is 8.42. The molecule has 0 bridgehead atoms. The molecule has 1 aliphatic carbocycles. The largest absolute Gasteiger partial charge is 0.494 e. The number of benzene rings is 1. The highest BCUT2D eigenvalue weighted by atomic mass is 32.1. The molecule has 3 nitrogen and oxygen atoms in total. The number of aryl methyl sites for hydroxylation is 1. The highest BCUT2D eigenvalue weighted by Gasteiger charge is 2.20. The first kappa shape index (κ1) is 12.6. The molecule has 0 saturated carbocycles. The molecule has 1 unspecified atom stereocenters. The van der Waals surface area contributed by atoms with E-state index in [2.05, 4.69) is 12.1 Å². The monoisotopic (exact) mass is 274 g/mol. The molecular weight excluding hydrogens is 256 g/mol. The maximum atomic E-state index is 6.01. The van der Waals surface area contributed by atoms with Crippen molar-refractivity contribution in [2.45, 2.75) is 32.2 Å². The zero-order valence-electron chi connectivity index (χ0n) is 11.1. The second-order valence-corrected chi connectivity index (χ2v) is 5.93. The van der Waals surface area contributed by atoms with Crippen molar-refractivity contribution in [1.82, 2.24) is 4.98 Å². The van der Waals surface area contributed by atoms with Crippen LogP contribution in [0.3, 0.4) is 0 Å². The van der Waals surface area contributed by atoms with Crippen molar-refractivity contribution in [3.63, 3.8) is 0 Å². The second kappa shape index (κ2) is 5.31. The Morgan fingerprint density at radius 3 is 2.89 bits per heavy atom. The minimum absolute atomic E-state index is 0.307. The molecule has 0 saturated heterocycles. The fourth-order valence-corrected chi connectivity index (χ4v) is 3.59. The number of nitrogens with two attached hydrogens (primary N) is 1. The molecule has 19 heavy (non-hydrogen) atoms. The Kier molecular flexibility index (Phi) is 3.53. The number of rotatable bonds is 3. The first-order valence-corrected chi connectivity index (χ1v) is 7.55. The molecule has 3 rings (SSSR count). The Morgan fingerprint density at radius 2 is 2.16 bits per heavy atom. The average Bonchev–Trinajstić information content (AvgIpc) is 2.83. The van der Waals surface area contributed by atoms with Crippen LogP contribution in [-0.4, -0.2) is 17.6 Å². The van der Waals surface area contributed by atoms with Crippen molar-refractivity contribution in [3.8, 4) is 16.3 Å². The van der Waals surface area contributed by atoms with Crippen molar-refractivity contribution >= 4 is 11.3 Å². The molecule has 1 aromatic carbocycles. The molecule has 0 fully saturated rings. The van der Waals surface area contributed by atoms with Crippen LogP contribution in [0.2, 0.25) is 0 Å². The Balaban J connectivity index is 1.86. The maximum Gasteiger partial charge on any atom is 0.123 e. The van der Waals surface area contributed by atoms with Crippen molar-refractivity contribution in [2.75, 3.05) is 6.61 Å². The second-order valence-electron chi connectivity index (χ2n) is 4.85. The SMILES string of the molecule is CCOc1ccc(-c2nc3c(s2)CC(N)CC3)cc1. The first-order chi connectivity index (χ1) is 9.26. The lowest BCUT2D eigenvalue weighted by molar-refractivity contribution is 0.340. The van der Waals surface area contributed by atoms with Crippen LogP contribution in [-0.2, 0) is 12.8 Å². The van der Waals surface area contributed by atoms with Gasteiger partial charge in [-0.25, -0.2) is 4.98 Å². The van der Waals surface area contributed by atoms with E-state index in [4.69, 9.17) is 15.5 Å². The van der Waals surface area contributed by atoms with Crippen LogP contribution in [0.1, 0.15) is 23.9 Å². The average molecular weight is 274 g/mol. The molecule has 4 heteroatoms. The van der Waals surface area contributed by atoms with Gasteiger partial charge in [0, 0.05) is 16.5 Å². The molecule has 0 radical (unpaired) electrons. The van der Waals surface area contributed by atoms with Crippen LogP contribution in [0.5, 0.6) is 5.75 Å². The molecule has 1 atom stereocenters. The van der Waals surface area contributed by atoms with Crippen molar-refractivity contribution < 1.29 is 4.74 Å². The normalized spacial score (nSPS) is 18.1. The van der Waals surface area contributed by atoms with Gasteiger partial charge >= 0.3 is 0 Å². The number of thiazole rings is 1.